The Balaban J connectivity index is 1.82. The van der Waals surface area contributed by atoms with Gasteiger partial charge in [0.2, 0.25) is 15.9 Å². The molecule has 0 bridgehead atoms. The first-order valence-electron chi connectivity index (χ1n) is 9.12. The lowest BCUT2D eigenvalue weighted by Crippen LogP contribution is -2.40. The van der Waals surface area contributed by atoms with Crippen LogP contribution in [-0.2, 0) is 26.0 Å². The average molecular weight is 439 g/mol. The Morgan fingerprint density at radius 1 is 1.21 bits per heavy atom. The number of hydrogen-bond donors (Lipinski definition) is 1. The molecule has 156 valence electrons. The van der Waals surface area contributed by atoms with Crippen molar-refractivity contribution in [2.24, 2.45) is 0 Å². The number of anilines is 1. The highest BCUT2D eigenvalue weighted by Gasteiger charge is 2.29. The molecule has 29 heavy (non-hydrogen) atoms. The first-order valence-corrected chi connectivity index (χ1v) is 10.9. The standard InChI is InChI=1S/C20H23ClN2O5S/c1-14-3-5-16(21)13-17(14)22-20(24)12-15-4-6-18(27-2)19(11-15)29(25,26)23-7-9-28-10-8-23/h3-6,11,13H,7-10,12H2,1-2H3,(H,22,24). The second kappa shape index (κ2) is 9.13. The van der Waals surface area contributed by atoms with E-state index in [1.54, 1.807) is 24.3 Å². The van der Waals surface area contributed by atoms with Gasteiger partial charge in [-0.2, -0.15) is 4.31 Å². The number of halogens is 1. The van der Waals surface area contributed by atoms with E-state index >= 15 is 0 Å². The summed E-state index contributed by atoms with van der Waals surface area (Å²) in [4.78, 5) is 12.5. The SMILES string of the molecule is COc1ccc(CC(=O)Nc2cc(Cl)ccc2C)cc1S(=O)(=O)N1CCOCC1. The number of methoxy groups -OCH3 is 1. The van der Waals surface area contributed by atoms with Crippen LogP contribution >= 0.6 is 11.6 Å². The molecule has 1 fully saturated rings. The Hall–Kier alpha value is -2.13. The fourth-order valence-electron chi connectivity index (χ4n) is 3.07. The molecule has 0 saturated carbocycles. The molecule has 1 saturated heterocycles. The zero-order valence-corrected chi connectivity index (χ0v) is 17.8. The maximum atomic E-state index is 13.1. The van der Waals surface area contributed by atoms with E-state index in [2.05, 4.69) is 5.32 Å². The number of sulfonamides is 1. The lowest BCUT2D eigenvalue weighted by atomic mass is 10.1. The first kappa shape index (κ1) is 21.6. The zero-order valence-electron chi connectivity index (χ0n) is 16.3. The molecule has 1 aliphatic rings. The number of nitrogens with one attached hydrogen (secondary N) is 1. The summed E-state index contributed by atoms with van der Waals surface area (Å²) in [5.41, 5.74) is 2.07. The van der Waals surface area contributed by atoms with Crippen molar-refractivity contribution < 1.29 is 22.7 Å². The molecule has 1 amide bonds. The number of benzene rings is 2. The van der Waals surface area contributed by atoms with E-state index in [1.165, 1.54) is 17.5 Å². The predicted molar refractivity (Wildman–Crippen MR) is 111 cm³/mol. The zero-order chi connectivity index (χ0) is 21.0. The third-order valence-corrected chi connectivity index (χ3v) is 6.81. The highest BCUT2D eigenvalue weighted by molar-refractivity contribution is 7.89. The van der Waals surface area contributed by atoms with Crippen LogP contribution in [0.4, 0.5) is 5.69 Å². The number of carbonyl (C=O) groups is 1. The van der Waals surface area contributed by atoms with E-state index < -0.39 is 10.0 Å². The maximum absolute atomic E-state index is 13.1. The number of nitrogens with zero attached hydrogens (tertiary/aromatic N) is 1. The molecule has 9 heteroatoms. The Bertz CT molecular complexity index is 1000. The van der Waals surface area contributed by atoms with Crippen molar-refractivity contribution in [2.45, 2.75) is 18.2 Å². The van der Waals surface area contributed by atoms with Crippen molar-refractivity contribution >= 4 is 33.2 Å². The van der Waals surface area contributed by atoms with Crippen molar-refractivity contribution in [3.8, 4) is 5.75 Å². The van der Waals surface area contributed by atoms with Crippen LogP contribution in [0, 0.1) is 6.92 Å². The van der Waals surface area contributed by atoms with Crippen LogP contribution in [0.15, 0.2) is 41.3 Å². The third-order valence-electron chi connectivity index (χ3n) is 4.65. The number of carbonyl (C=O) groups excluding carboxylic acids is 1. The van der Waals surface area contributed by atoms with Crippen LogP contribution in [0.2, 0.25) is 5.02 Å². The van der Waals surface area contributed by atoms with Gasteiger partial charge in [-0.25, -0.2) is 8.42 Å². The highest BCUT2D eigenvalue weighted by Crippen LogP contribution is 2.29. The normalized spacial score (nSPS) is 15.1. The molecule has 7 nitrogen and oxygen atoms in total. The summed E-state index contributed by atoms with van der Waals surface area (Å²) < 4.78 is 38.0. The van der Waals surface area contributed by atoms with Crippen molar-refractivity contribution in [1.82, 2.24) is 4.31 Å². The van der Waals surface area contributed by atoms with Gasteiger partial charge >= 0.3 is 0 Å². The van der Waals surface area contributed by atoms with Gasteiger partial charge in [-0.1, -0.05) is 23.7 Å². The van der Waals surface area contributed by atoms with Crippen LogP contribution in [0.5, 0.6) is 5.75 Å². The van der Waals surface area contributed by atoms with E-state index in [1.807, 2.05) is 13.0 Å². The minimum absolute atomic E-state index is 0.0155. The van der Waals surface area contributed by atoms with E-state index in [0.29, 0.717) is 29.5 Å². The van der Waals surface area contributed by atoms with Crippen molar-refractivity contribution in [2.75, 3.05) is 38.7 Å². The van der Waals surface area contributed by atoms with E-state index in [4.69, 9.17) is 21.1 Å². The molecule has 0 unspecified atom stereocenters. The average Bonchev–Trinajstić information content (AvgIpc) is 2.71. The van der Waals surface area contributed by atoms with Crippen molar-refractivity contribution in [3.05, 3.63) is 52.5 Å². The smallest absolute Gasteiger partial charge is 0.246 e. The number of morpholine rings is 1. The summed E-state index contributed by atoms with van der Waals surface area (Å²) in [6, 6.07) is 9.99. The second-order valence-corrected chi connectivity index (χ2v) is 9.03. The van der Waals surface area contributed by atoms with Crippen LogP contribution in [0.1, 0.15) is 11.1 Å². The Kier molecular flexibility index (Phi) is 6.79. The number of hydrogen-bond acceptors (Lipinski definition) is 5. The van der Waals surface area contributed by atoms with Gasteiger partial charge in [0.15, 0.2) is 0 Å². The Labute approximate surface area is 175 Å². The maximum Gasteiger partial charge on any atom is 0.246 e. The van der Waals surface area contributed by atoms with Gasteiger partial charge in [-0.15, -0.1) is 0 Å². The number of rotatable bonds is 6. The van der Waals surface area contributed by atoms with Crippen LogP contribution in [0.3, 0.4) is 0 Å². The monoisotopic (exact) mass is 438 g/mol. The quantitative estimate of drug-likeness (QED) is 0.749. The molecule has 2 aromatic carbocycles. The molecule has 1 heterocycles. The topological polar surface area (TPSA) is 84.9 Å². The molecular formula is C20H23ClN2O5S. The molecule has 0 aromatic heterocycles. The summed E-state index contributed by atoms with van der Waals surface area (Å²) in [7, 11) is -2.34. The summed E-state index contributed by atoms with van der Waals surface area (Å²) in [5, 5.41) is 3.34. The summed E-state index contributed by atoms with van der Waals surface area (Å²) in [5.74, 6) is -0.0263. The van der Waals surface area contributed by atoms with Gasteiger partial charge in [-0.05, 0) is 42.3 Å². The lowest BCUT2D eigenvalue weighted by molar-refractivity contribution is -0.115. The van der Waals surface area contributed by atoms with Crippen molar-refractivity contribution in [1.29, 1.82) is 0 Å². The predicted octanol–water partition coefficient (Wildman–Crippen LogP) is 2.86. The van der Waals surface area contributed by atoms with Gasteiger partial charge in [0.1, 0.15) is 10.6 Å². The van der Waals surface area contributed by atoms with Gasteiger partial charge in [0.05, 0.1) is 26.7 Å². The third kappa shape index (κ3) is 5.08. The van der Waals surface area contributed by atoms with Crippen LogP contribution in [-0.4, -0.2) is 52.0 Å². The van der Waals surface area contributed by atoms with E-state index in [0.717, 1.165) is 5.56 Å². The van der Waals surface area contributed by atoms with Crippen LogP contribution in [0.25, 0.3) is 0 Å². The van der Waals surface area contributed by atoms with Crippen LogP contribution < -0.4 is 10.1 Å². The minimum atomic E-state index is -3.76. The highest BCUT2D eigenvalue weighted by atomic mass is 35.5. The molecule has 0 aliphatic carbocycles. The summed E-state index contributed by atoms with van der Waals surface area (Å²) in [6.45, 7) is 3.13. The fourth-order valence-corrected chi connectivity index (χ4v) is 4.85. The van der Waals surface area contributed by atoms with Gasteiger partial charge in [0, 0.05) is 23.8 Å². The van der Waals surface area contributed by atoms with Gasteiger partial charge < -0.3 is 14.8 Å². The fraction of sp³-hybridized carbons (Fsp3) is 0.350. The molecule has 2 aromatic rings. The number of amides is 1. The largest absolute Gasteiger partial charge is 0.495 e. The number of aryl methyl sites for hydroxylation is 1. The Morgan fingerprint density at radius 2 is 1.93 bits per heavy atom. The van der Waals surface area contributed by atoms with Gasteiger partial charge in [0.25, 0.3) is 0 Å². The molecular weight excluding hydrogens is 416 g/mol. The molecule has 3 rings (SSSR count). The Morgan fingerprint density at radius 3 is 2.62 bits per heavy atom. The minimum Gasteiger partial charge on any atom is -0.495 e. The lowest BCUT2D eigenvalue weighted by Gasteiger charge is -2.26. The summed E-state index contributed by atoms with van der Waals surface area (Å²) >= 11 is 5.99. The van der Waals surface area contributed by atoms with Crippen molar-refractivity contribution in [3.63, 3.8) is 0 Å². The first-order chi connectivity index (χ1) is 13.8. The van der Waals surface area contributed by atoms with E-state index in [-0.39, 0.29) is 36.1 Å². The molecule has 0 atom stereocenters. The van der Waals surface area contributed by atoms with Gasteiger partial charge in [-0.3, -0.25) is 4.79 Å². The molecule has 0 radical (unpaired) electrons. The molecule has 0 spiro atoms. The molecule has 1 aliphatic heterocycles. The molecule has 1 N–H and O–H groups in total. The second-order valence-electron chi connectivity index (χ2n) is 6.69. The summed E-state index contributed by atoms with van der Waals surface area (Å²) in [6.07, 6.45) is 0.0155. The van der Waals surface area contributed by atoms with E-state index in [9.17, 15) is 13.2 Å². The number of ether oxygens (including phenoxy) is 2.